The van der Waals surface area contributed by atoms with Gasteiger partial charge < -0.3 is 20.1 Å². The van der Waals surface area contributed by atoms with Crippen LogP contribution in [0.2, 0.25) is 0 Å². The number of allylic oxidation sites excluding steroid dienone is 1. The van der Waals surface area contributed by atoms with Gasteiger partial charge in [-0.05, 0) is 42.8 Å². The monoisotopic (exact) mass is 473 g/mol. The molecule has 4 rings (SSSR count). The summed E-state index contributed by atoms with van der Waals surface area (Å²) in [5.41, 5.74) is 4.07. The molecule has 7 heteroatoms. The molecule has 2 N–H and O–H groups in total. The fourth-order valence-electron chi connectivity index (χ4n) is 3.75. The maximum absolute atomic E-state index is 13.3. The van der Waals surface area contributed by atoms with E-state index >= 15 is 0 Å². The Hall–Kier alpha value is -3.71. The van der Waals surface area contributed by atoms with Crippen LogP contribution in [0.25, 0.3) is 0 Å². The molecule has 3 aromatic carbocycles. The Bertz CT molecular complexity index is 1210. The molecule has 0 aliphatic carbocycles. The third-order valence-corrected chi connectivity index (χ3v) is 6.40. The summed E-state index contributed by atoms with van der Waals surface area (Å²) < 4.78 is 10.9. The van der Waals surface area contributed by atoms with Gasteiger partial charge in [-0.1, -0.05) is 60.3 Å². The second-order valence-corrected chi connectivity index (χ2v) is 8.66. The Balaban J connectivity index is 1.60. The molecule has 0 spiro atoms. The van der Waals surface area contributed by atoms with E-state index in [4.69, 9.17) is 14.5 Å². The molecule has 1 aliphatic heterocycles. The van der Waals surface area contributed by atoms with Crippen LogP contribution in [-0.4, -0.2) is 25.3 Å². The van der Waals surface area contributed by atoms with Gasteiger partial charge in [0.25, 0.3) is 5.91 Å². The molecule has 0 unspecified atom stereocenters. The number of ether oxygens (including phenoxy) is 2. The third kappa shape index (κ3) is 5.43. The van der Waals surface area contributed by atoms with Crippen LogP contribution >= 0.6 is 11.8 Å². The van der Waals surface area contributed by atoms with Crippen molar-refractivity contribution in [3.8, 4) is 11.5 Å². The number of hydrogen-bond acceptors (Lipinski definition) is 6. The Morgan fingerprint density at radius 2 is 1.71 bits per heavy atom. The van der Waals surface area contributed by atoms with Gasteiger partial charge in [-0.3, -0.25) is 4.79 Å². The van der Waals surface area contributed by atoms with Crippen molar-refractivity contribution in [2.45, 2.75) is 18.7 Å². The van der Waals surface area contributed by atoms with Gasteiger partial charge in [0, 0.05) is 22.7 Å². The van der Waals surface area contributed by atoms with E-state index in [9.17, 15) is 4.79 Å². The van der Waals surface area contributed by atoms with Crippen molar-refractivity contribution >= 4 is 28.5 Å². The number of anilines is 1. The van der Waals surface area contributed by atoms with E-state index in [-0.39, 0.29) is 5.91 Å². The van der Waals surface area contributed by atoms with Crippen molar-refractivity contribution in [2.24, 2.45) is 4.99 Å². The number of carbonyl (C=O) groups is 1. The summed E-state index contributed by atoms with van der Waals surface area (Å²) in [6, 6.07) is 24.6. The van der Waals surface area contributed by atoms with Gasteiger partial charge in [-0.25, -0.2) is 4.99 Å². The van der Waals surface area contributed by atoms with Gasteiger partial charge >= 0.3 is 0 Å². The first kappa shape index (κ1) is 23.4. The molecule has 0 bridgehead atoms. The highest BCUT2D eigenvalue weighted by Gasteiger charge is 2.29. The van der Waals surface area contributed by atoms with E-state index in [0.29, 0.717) is 11.3 Å². The van der Waals surface area contributed by atoms with Crippen LogP contribution in [0.5, 0.6) is 11.5 Å². The third-order valence-electron chi connectivity index (χ3n) is 5.46. The zero-order valence-electron chi connectivity index (χ0n) is 19.4. The molecule has 0 saturated heterocycles. The fourth-order valence-corrected chi connectivity index (χ4v) is 4.68. The first-order valence-electron chi connectivity index (χ1n) is 10.9. The van der Waals surface area contributed by atoms with Gasteiger partial charge in [0.05, 0.1) is 19.8 Å². The SMILES string of the molecule is COc1ccc(OC)c(CSC2=N[C@@H](c3ccccc3)C(C(=O)Nc3ccccc3)=C(C)N2)c1. The van der Waals surface area contributed by atoms with Gasteiger partial charge in [0.2, 0.25) is 0 Å². The van der Waals surface area contributed by atoms with Crippen LogP contribution in [0, 0.1) is 0 Å². The normalized spacial score (nSPS) is 15.3. The number of thioether (sulfide) groups is 1. The van der Waals surface area contributed by atoms with E-state index in [2.05, 4.69) is 10.6 Å². The van der Waals surface area contributed by atoms with Crippen molar-refractivity contribution in [3.63, 3.8) is 0 Å². The van der Waals surface area contributed by atoms with E-state index in [0.717, 1.165) is 39.2 Å². The minimum atomic E-state index is -0.416. The molecular weight excluding hydrogens is 446 g/mol. The van der Waals surface area contributed by atoms with E-state index in [1.54, 1.807) is 26.0 Å². The topological polar surface area (TPSA) is 72.0 Å². The smallest absolute Gasteiger partial charge is 0.255 e. The lowest BCUT2D eigenvalue weighted by Crippen LogP contribution is -2.32. The maximum Gasteiger partial charge on any atom is 0.255 e. The van der Waals surface area contributed by atoms with Crippen LogP contribution in [0.4, 0.5) is 5.69 Å². The highest BCUT2D eigenvalue weighted by Crippen LogP contribution is 2.34. The highest BCUT2D eigenvalue weighted by atomic mass is 32.2. The molecule has 1 atom stereocenters. The average molecular weight is 474 g/mol. The number of amides is 1. The highest BCUT2D eigenvalue weighted by molar-refractivity contribution is 8.13. The summed E-state index contributed by atoms with van der Waals surface area (Å²) in [6.07, 6.45) is 0. The molecule has 6 nitrogen and oxygen atoms in total. The average Bonchev–Trinajstić information content (AvgIpc) is 2.87. The molecule has 1 amide bonds. The first-order chi connectivity index (χ1) is 16.6. The molecule has 0 radical (unpaired) electrons. The zero-order chi connectivity index (χ0) is 23.9. The van der Waals surface area contributed by atoms with Gasteiger partial charge in [-0.15, -0.1) is 0 Å². The fraction of sp³-hybridized carbons (Fsp3) is 0.185. The molecule has 1 aliphatic rings. The molecule has 1 heterocycles. The molecule has 0 saturated carbocycles. The van der Waals surface area contributed by atoms with Crippen molar-refractivity contribution < 1.29 is 14.3 Å². The Labute approximate surface area is 204 Å². The first-order valence-corrected chi connectivity index (χ1v) is 11.9. The van der Waals surface area contributed by atoms with Crippen LogP contribution in [0.3, 0.4) is 0 Å². The molecule has 174 valence electrons. The van der Waals surface area contributed by atoms with Crippen molar-refractivity contribution in [1.29, 1.82) is 0 Å². The molecule has 0 fully saturated rings. The lowest BCUT2D eigenvalue weighted by Gasteiger charge is -2.26. The van der Waals surface area contributed by atoms with Gasteiger partial charge in [-0.2, -0.15) is 0 Å². The summed E-state index contributed by atoms with van der Waals surface area (Å²) in [7, 11) is 3.30. The second kappa shape index (κ2) is 10.9. The number of nitrogens with one attached hydrogen (secondary N) is 2. The summed E-state index contributed by atoms with van der Waals surface area (Å²) in [5, 5.41) is 7.07. The molecular formula is C27H27N3O3S. The Morgan fingerprint density at radius 3 is 2.38 bits per heavy atom. The minimum absolute atomic E-state index is 0.174. The van der Waals surface area contributed by atoms with Crippen LogP contribution in [0.1, 0.15) is 24.1 Å². The Kier molecular flexibility index (Phi) is 7.54. The minimum Gasteiger partial charge on any atom is -0.497 e. The van der Waals surface area contributed by atoms with Crippen molar-refractivity contribution in [1.82, 2.24) is 5.32 Å². The van der Waals surface area contributed by atoms with E-state index < -0.39 is 6.04 Å². The quantitative estimate of drug-likeness (QED) is 0.471. The predicted octanol–water partition coefficient (Wildman–Crippen LogP) is 5.55. The lowest BCUT2D eigenvalue weighted by molar-refractivity contribution is -0.113. The number of nitrogens with zero attached hydrogens (tertiary/aromatic N) is 1. The number of para-hydroxylation sites is 1. The Morgan fingerprint density at radius 1 is 1.00 bits per heavy atom. The van der Waals surface area contributed by atoms with Crippen LogP contribution in [0.15, 0.2) is 95.1 Å². The summed E-state index contributed by atoms with van der Waals surface area (Å²) in [6.45, 7) is 1.91. The summed E-state index contributed by atoms with van der Waals surface area (Å²) in [4.78, 5) is 18.2. The van der Waals surface area contributed by atoms with Crippen molar-refractivity contribution in [2.75, 3.05) is 19.5 Å². The summed E-state index contributed by atoms with van der Waals surface area (Å²) >= 11 is 1.56. The maximum atomic E-state index is 13.3. The number of rotatable bonds is 7. The van der Waals surface area contributed by atoms with Crippen LogP contribution < -0.4 is 20.1 Å². The summed E-state index contributed by atoms with van der Waals surface area (Å²) in [5.74, 6) is 2.02. The lowest BCUT2D eigenvalue weighted by atomic mass is 9.96. The van der Waals surface area contributed by atoms with Crippen molar-refractivity contribution in [3.05, 3.63) is 101 Å². The van der Waals surface area contributed by atoms with Gasteiger partial charge in [0.1, 0.15) is 17.5 Å². The van der Waals surface area contributed by atoms with E-state index in [1.165, 1.54) is 0 Å². The number of hydrogen-bond donors (Lipinski definition) is 2. The second-order valence-electron chi connectivity index (χ2n) is 7.70. The predicted molar refractivity (Wildman–Crippen MR) is 138 cm³/mol. The number of methoxy groups -OCH3 is 2. The standard InChI is InChI=1S/C27H27N3O3S/c1-18-24(26(31)29-21-12-8-5-9-13-21)25(19-10-6-4-7-11-19)30-27(28-18)34-17-20-16-22(32-2)14-15-23(20)33-3/h4-16,25H,17H2,1-3H3,(H,28,30)(H,29,31)/t25-/m0/s1. The van der Waals surface area contributed by atoms with Gasteiger partial charge in [0.15, 0.2) is 5.17 Å². The van der Waals surface area contributed by atoms with Crippen LogP contribution in [-0.2, 0) is 10.5 Å². The molecule has 0 aromatic heterocycles. The molecule has 3 aromatic rings. The number of benzene rings is 3. The van der Waals surface area contributed by atoms with E-state index in [1.807, 2.05) is 85.8 Å². The largest absolute Gasteiger partial charge is 0.497 e. The number of aliphatic imine (C=N–C) groups is 1. The number of carbonyl (C=O) groups excluding carboxylic acids is 1. The molecule has 34 heavy (non-hydrogen) atoms. The number of amidine groups is 1. The zero-order valence-corrected chi connectivity index (χ0v) is 20.2.